The topological polar surface area (TPSA) is 142 Å². The number of hydrogen-bond acceptors (Lipinski definition) is 7. The Balaban J connectivity index is 2.35. The van der Waals surface area contributed by atoms with Gasteiger partial charge in [0.05, 0.1) is 28.7 Å². The molecule has 1 amide bonds. The lowest BCUT2D eigenvalue weighted by molar-refractivity contribution is -0.385. The molecule has 11 heteroatoms. The van der Waals surface area contributed by atoms with Gasteiger partial charge in [-0.1, -0.05) is 0 Å². The summed E-state index contributed by atoms with van der Waals surface area (Å²) in [6, 6.07) is 3.59. The first-order valence-electron chi connectivity index (χ1n) is 6.73. The van der Waals surface area contributed by atoms with E-state index in [4.69, 9.17) is 4.74 Å². The summed E-state index contributed by atoms with van der Waals surface area (Å²) in [7, 11) is 1.28. The first-order chi connectivity index (χ1) is 11.4. The highest BCUT2D eigenvalue weighted by Gasteiger charge is 2.26. The highest BCUT2D eigenvalue weighted by Crippen LogP contribution is 2.30. The lowest BCUT2D eigenvalue weighted by Gasteiger charge is -2.08. The number of benzene rings is 1. The highest BCUT2D eigenvalue weighted by molar-refractivity contribution is 6.06. The van der Waals surface area contributed by atoms with E-state index >= 15 is 0 Å². The van der Waals surface area contributed by atoms with Crippen molar-refractivity contribution >= 4 is 23.0 Å². The summed E-state index contributed by atoms with van der Waals surface area (Å²) < 4.78 is 6.26. The molecule has 0 fully saturated rings. The fourth-order valence-corrected chi connectivity index (χ4v) is 1.95. The highest BCUT2D eigenvalue weighted by atomic mass is 16.6. The summed E-state index contributed by atoms with van der Waals surface area (Å²) in [4.78, 5) is 32.7. The number of aromatic nitrogens is 2. The predicted molar refractivity (Wildman–Crippen MR) is 82.2 cm³/mol. The standard InChI is InChI=1S/C13H13N5O6/c1-3-16-7-10(18(22)23)12(15-16)13(19)14-9-5-4-8(17(20)21)6-11(9)24-2/h4-7H,3H2,1-2H3,(H,14,19). The normalized spacial score (nSPS) is 10.2. The Morgan fingerprint density at radius 2 is 2.04 bits per heavy atom. The van der Waals surface area contributed by atoms with Gasteiger partial charge in [0.2, 0.25) is 5.69 Å². The van der Waals surface area contributed by atoms with Crippen LogP contribution in [-0.2, 0) is 6.54 Å². The number of nitro groups is 2. The number of hydrogen-bond donors (Lipinski definition) is 1. The Labute approximate surface area is 135 Å². The number of amides is 1. The zero-order valence-corrected chi connectivity index (χ0v) is 12.8. The van der Waals surface area contributed by atoms with Gasteiger partial charge < -0.3 is 10.1 Å². The molecule has 0 unspecified atom stereocenters. The number of ether oxygens (including phenoxy) is 1. The summed E-state index contributed by atoms with van der Waals surface area (Å²) in [5.41, 5.74) is -0.878. The van der Waals surface area contributed by atoms with Gasteiger partial charge in [-0.3, -0.25) is 29.7 Å². The molecule has 1 N–H and O–H groups in total. The second-order valence-corrected chi connectivity index (χ2v) is 4.57. The number of methoxy groups -OCH3 is 1. The third kappa shape index (κ3) is 3.29. The van der Waals surface area contributed by atoms with Gasteiger partial charge in [0, 0.05) is 12.6 Å². The first-order valence-corrected chi connectivity index (χ1v) is 6.73. The summed E-state index contributed by atoms with van der Waals surface area (Å²) in [6.45, 7) is 2.08. The molecule has 11 nitrogen and oxygen atoms in total. The van der Waals surface area contributed by atoms with Crippen LogP contribution in [0.25, 0.3) is 0 Å². The van der Waals surface area contributed by atoms with E-state index in [9.17, 15) is 25.0 Å². The number of anilines is 1. The Morgan fingerprint density at radius 1 is 1.33 bits per heavy atom. The van der Waals surface area contributed by atoms with Gasteiger partial charge in [0.15, 0.2) is 0 Å². The second kappa shape index (κ2) is 6.73. The van der Waals surface area contributed by atoms with E-state index in [-0.39, 0.29) is 22.8 Å². The van der Waals surface area contributed by atoms with Crippen LogP contribution in [0, 0.1) is 20.2 Å². The molecule has 0 radical (unpaired) electrons. The largest absolute Gasteiger partial charge is 0.494 e. The van der Waals surface area contributed by atoms with Crippen LogP contribution in [0.2, 0.25) is 0 Å². The zero-order chi connectivity index (χ0) is 17.9. The molecule has 2 aromatic rings. The van der Waals surface area contributed by atoms with Gasteiger partial charge >= 0.3 is 5.69 Å². The van der Waals surface area contributed by atoms with Crippen LogP contribution in [0.5, 0.6) is 5.75 Å². The quantitative estimate of drug-likeness (QED) is 0.628. The molecular formula is C13H13N5O6. The molecule has 0 aliphatic heterocycles. The van der Waals surface area contributed by atoms with E-state index in [0.717, 1.165) is 12.3 Å². The summed E-state index contributed by atoms with van der Waals surface area (Å²) in [5, 5.41) is 28.0. The molecule has 0 atom stereocenters. The number of rotatable bonds is 6. The van der Waals surface area contributed by atoms with Gasteiger partial charge in [0.25, 0.3) is 11.6 Å². The number of non-ortho nitro benzene ring substituents is 1. The molecule has 2 rings (SSSR count). The van der Waals surface area contributed by atoms with Crippen molar-refractivity contribution in [3.05, 3.63) is 50.3 Å². The third-order valence-electron chi connectivity index (χ3n) is 3.12. The zero-order valence-electron chi connectivity index (χ0n) is 12.8. The van der Waals surface area contributed by atoms with Crippen molar-refractivity contribution in [1.82, 2.24) is 9.78 Å². The van der Waals surface area contributed by atoms with Crippen molar-refractivity contribution in [2.75, 3.05) is 12.4 Å². The van der Waals surface area contributed by atoms with E-state index in [1.54, 1.807) is 6.92 Å². The lowest BCUT2D eigenvalue weighted by atomic mass is 10.2. The molecule has 1 aromatic heterocycles. The van der Waals surface area contributed by atoms with E-state index in [0.29, 0.717) is 6.54 Å². The van der Waals surface area contributed by atoms with Crippen LogP contribution in [0.3, 0.4) is 0 Å². The molecule has 0 saturated heterocycles. The van der Waals surface area contributed by atoms with Crippen molar-refractivity contribution < 1.29 is 19.4 Å². The minimum atomic E-state index is -0.818. The van der Waals surface area contributed by atoms with Crippen LogP contribution >= 0.6 is 0 Å². The van der Waals surface area contributed by atoms with Crippen molar-refractivity contribution in [1.29, 1.82) is 0 Å². The molecule has 0 aliphatic rings. The molecule has 0 bridgehead atoms. The van der Waals surface area contributed by atoms with Gasteiger partial charge in [-0.15, -0.1) is 0 Å². The molecule has 24 heavy (non-hydrogen) atoms. The lowest BCUT2D eigenvalue weighted by Crippen LogP contribution is -2.15. The van der Waals surface area contributed by atoms with E-state index < -0.39 is 21.4 Å². The Kier molecular flexibility index (Phi) is 4.73. The molecule has 126 valence electrons. The van der Waals surface area contributed by atoms with Crippen molar-refractivity contribution in [2.45, 2.75) is 13.5 Å². The van der Waals surface area contributed by atoms with Crippen LogP contribution in [0.15, 0.2) is 24.4 Å². The number of nitrogens with zero attached hydrogens (tertiary/aromatic N) is 4. The fourth-order valence-electron chi connectivity index (χ4n) is 1.95. The van der Waals surface area contributed by atoms with Gasteiger partial charge in [0.1, 0.15) is 11.9 Å². The average Bonchev–Trinajstić information content (AvgIpc) is 2.99. The van der Waals surface area contributed by atoms with E-state index in [1.807, 2.05) is 0 Å². The maximum absolute atomic E-state index is 12.3. The van der Waals surface area contributed by atoms with Crippen molar-refractivity contribution in [3.8, 4) is 5.75 Å². The molecule has 0 saturated carbocycles. The number of nitro benzene ring substituents is 1. The molecule has 1 heterocycles. The van der Waals surface area contributed by atoms with Crippen molar-refractivity contribution in [3.63, 3.8) is 0 Å². The Hall–Kier alpha value is -3.50. The van der Waals surface area contributed by atoms with Crippen LogP contribution in [-0.4, -0.2) is 32.6 Å². The molecule has 1 aromatic carbocycles. The molecule has 0 spiro atoms. The van der Waals surface area contributed by atoms with Crippen LogP contribution in [0.1, 0.15) is 17.4 Å². The minimum absolute atomic E-state index is 0.0510. The molecular weight excluding hydrogens is 322 g/mol. The smallest absolute Gasteiger partial charge is 0.320 e. The number of carbonyl (C=O) groups excluding carboxylic acids is 1. The minimum Gasteiger partial charge on any atom is -0.494 e. The summed E-state index contributed by atoms with van der Waals surface area (Å²) >= 11 is 0. The summed E-state index contributed by atoms with van der Waals surface area (Å²) in [5.74, 6) is -0.767. The average molecular weight is 335 g/mol. The third-order valence-corrected chi connectivity index (χ3v) is 3.12. The Morgan fingerprint density at radius 3 is 2.58 bits per heavy atom. The fraction of sp³-hybridized carbons (Fsp3) is 0.231. The second-order valence-electron chi connectivity index (χ2n) is 4.57. The SMILES string of the molecule is CCn1cc([N+](=O)[O-])c(C(=O)Nc2ccc([N+](=O)[O-])cc2OC)n1. The number of carbonyl (C=O) groups is 1. The van der Waals surface area contributed by atoms with Gasteiger partial charge in [-0.05, 0) is 13.0 Å². The van der Waals surface area contributed by atoms with Crippen molar-refractivity contribution in [2.24, 2.45) is 0 Å². The van der Waals surface area contributed by atoms with Gasteiger partial charge in [-0.25, -0.2) is 0 Å². The number of nitrogens with one attached hydrogen (secondary N) is 1. The maximum atomic E-state index is 12.3. The van der Waals surface area contributed by atoms with E-state index in [2.05, 4.69) is 10.4 Å². The van der Waals surface area contributed by atoms with E-state index in [1.165, 1.54) is 23.9 Å². The Bertz CT molecular complexity index is 815. The molecule has 0 aliphatic carbocycles. The monoisotopic (exact) mass is 335 g/mol. The maximum Gasteiger partial charge on any atom is 0.320 e. The first kappa shape index (κ1) is 16.9. The van der Waals surface area contributed by atoms with Gasteiger partial charge in [-0.2, -0.15) is 5.10 Å². The van der Waals surface area contributed by atoms with Crippen LogP contribution in [0.4, 0.5) is 17.1 Å². The predicted octanol–water partition coefficient (Wildman–Crippen LogP) is 1.98. The van der Waals surface area contributed by atoms with Crippen LogP contribution < -0.4 is 10.1 Å². The summed E-state index contributed by atoms with van der Waals surface area (Å²) in [6.07, 6.45) is 1.15. The number of aryl methyl sites for hydroxylation is 1.